The van der Waals surface area contributed by atoms with E-state index in [1.165, 1.54) is 0 Å². The number of carbonyl (C=O) groups is 1. The van der Waals surface area contributed by atoms with Gasteiger partial charge in [-0.05, 0) is 18.2 Å². The minimum Gasteiger partial charge on any atom is -0.497 e. The normalized spacial score (nSPS) is 11.1. The Balaban J connectivity index is 2.50. The third kappa shape index (κ3) is 3.56. The van der Waals surface area contributed by atoms with E-state index in [0.717, 1.165) is 22.3 Å². The van der Waals surface area contributed by atoms with Crippen LogP contribution in [0.1, 0.15) is 17.4 Å². The lowest BCUT2D eigenvalue weighted by Gasteiger charge is -2.06. The highest BCUT2D eigenvalue weighted by Gasteiger charge is 2.13. The van der Waals surface area contributed by atoms with Gasteiger partial charge < -0.3 is 4.74 Å². The fourth-order valence-electron chi connectivity index (χ4n) is 2.27. The fourth-order valence-corrected chi connectivity index (χ4v) is 2.89. The number of rotatable bonds is 2. The van der Waals surface area contributed by atoms with Gasteiger partial charge in [0.25, 0.3) is 0 Å². The topological polar surface area (TPSA) is 31.2 Å². The molecule has 0 aliphatic heterocycles. The number of fused-ring (bicyclic) bond motifs is 1. The molecule has 0 saturated heterocycles. The molecule has 1 aromatic heterocycles. The average Bonchev–Trinajstić information content (AvgIpc) is 2.74. The highest BCUT2D eigenvalue weighted by Crippen LogP contribution is 2.25. The maximum atomic E-state index is 12.0. The van der Waals surface area contributed by atoms with Crippen LogP contribution in [0.15, 0.2) is 24.3 Å². The van der Waals surface area contributed by atoms with E-state index in [1.54, 1.807) is 18.6 Å². The number of hydrogen-bond acceptors (Lipinski definition) is 2. The van der Waals surface area contributed by atoms with Crippen molar-refractivity contribution in [3.8, 4) is 17.2 Å². The van der Waals surface area contributed by atoms with Crippen molar-refractivity contribution in [2.75, 3.05) is 7.11 Å². The zero-order valence-electron chi connectivity index (χ0n) is 13.3. The fraction of sp³-hybridized carbons (Fsp3) is 0.353. The number of aromatic nitrogens is 1. The molecule has 2 rings (SSSR count). The number of nitrogens with zero attached hydrogens (tertiary/aromatic N) is 1. The summed E-state index contributed by atoms with van der Waals surface area (Å²) in [5.74, 6) is 3.99. The van der Waals surface area contributed by atoms with Gasteiger partial charge in [-0.1, -0.05) is 19.6 Å². The zero-order valence-corrected chi connectivity index (χ0v) is 14.3. The third-order valence-corrected chi connectivity index (χ3v) is 4.06. The van der Waals surface area contributed by atoms with Gasteiger partial charge in [-0.25, -0.2) is 0 Å². The van der Waals surface area contributed by atoms with Crippen molar-refractivity contribution in [2.45, 2.75) is 33.0 Å². The van der Waals surface area contributed by atoms with Crippen LogP contribution in [0.3, 0.4) is 0 Å². The first-order chi connectivity index (χ1) is 9.81. The second kappa shape index (κ2) is 5.78. The standard InChI is InChI=1S/C17H21NO2Si/c1-13(19)18-15(7-6-10-21(3,4)5)11-14-8-9-16(20-2)12-17(14)18/h8-9,11-12H,7H2,1-5H3. The molecule has 0 bridgehead atoms. The number of benzene rings is 1. The van der Waals surface area contributed by atoms with Crippen molar-refractivity contribution in [3.05, 3.63) is 30.0 Å². The summed E-state index contributed by atoms with van der Waals surface area (Å²) in [7, 11) is 0.243. The molecule has 0 unspecified atom stereocenters. The molecule has 2 aromatic rings. The van der Waals surface area contributed by atoms with E-state index in [9.17, 15) is 4.79 Å². The van der Waals surface area contributed by atoms with E-state index in [4.69, 9.17) is 4.74 Å². The van der Waals surface area contributed by atoms with Crippen LogP contribution in [0.5, 0.6) is 5.75 Å². The lowest BCUT2D eigenvalue weighted by atomic mass is 10.2. The summed E-state index contributed by atoms with van der Waals surface area (Å²) in [6.07, 6.45) is 0.598. The minimum atomic E-state index is -1.38. The minimum absolute atomic E-state index is 0.00283. The Kier molecular flexibility index (Phi) is 4.24. The van der Waals surface area contributed by atoms with Crippen LogP contribution in [0.25, 0.3) is 10.9 Å². The zero-order chi connectivity index (χ0) is 15.6. The van der Waals surface area contributed by atoms with Crippen LogP contribution >= 0.6 is 0 Å². The van der Waals surface area contributed by atoms with Gasteiger partial charge in [0.15, 0.2) is 0 Å². The summed E-state index contributed by atoms with van der Waals surface area (Å²) in [6, 6.07) is 7.81. The second-order valence-electron chi connectivity index (χ2n) is 6.14. The summed E-state index contributed by atoms with van der Waals surface area (Å²) in [6.45, 7) is 8.22. The Labute approximate surface area is 126 Å². The van der Waals surface area contributed by atoms with Crippen LogP contribution < -0.4 is 4.74 Å². The summed E-state index contributed by atoms with van der Waals surface area (Å²) in [5.41, 5.74) is 5.17. The van der Waals surface area contributed by atoms with Gasteiger partial charge in [-0.3, -0.25) is 9.36 Å². The van der Waals surface area contributed by atoms with Gasteiger partial charge in [0, 0.05) is 30.5 Å². The van der Waals surface area contributed by atoms with Crippen LogP contribution in [0, 0.1) is 11.5 Å². The molecule has 0 fully saturated rings. The molecule has 21 heavy (non-hydrogen) atoms. The van der Waals surface area contributed by atoms with Crippen molar-refractivity contribution in [1.82, 2.24) is 4.57 Å². The molecule has 1 heterocycles. The van der Waals surface area contributed by atoms with Crippen LogP contribution in [-0.2, 0) is 6.42 Å². The Bertz CT molecular complexity index is 742. The van der Waals surface area contributed by atoms with E-state index < -0.39 is 8.07 Å². The van der Waals surface area contributed by atoms with Crippen molar-refractivity contribution in [2.24, 2.45) is 0 Å². The van der Waals surface area contributed by atoms with Gasteiger partial charge in [-0.15, -0.1) is 11.5 Å². The highest BCUT2D eigenvalue weighted by molar-refractivity contribution is 6.83. The van der Waals surface area contributed by atoms with Crippen LogP contribution in [0.4, 0.5) is 0 Å². The summed E-state index contributed by atoms with van der Waals surface area (Å²) in [4.78, 5) is 12.0. The molecule has 0 aliphatic carbocycles. The van der Waals surface area contributed by atoms with E-state index in [1.807, 2.05) is 24.3 Å². The summed E-state index contributed by atoms with van der Waals surface area (Å²) < 4.78 is 6.98. The Morgan fingerprint density at radius 1 is 1.29 bits per heavy atom. The SMILES string of the molecule is COc1ccc2cc(CC#C[Si](C)(C)C)n(C(C)=O)c2c1. The molecule has 110 valence electrons. The first-order valence-corrected chi connectivity index (χ1v) is 10.5. The van der Waals surface area contributed by atoms with Crippen molar-refractivity contribution >= 4 is 24.9 Å². The smallest absolute Gasteiger partial charge is 0.228 e. The highest BCUT2D eigenvalue weighted by atomic mass is 28.3. The Morgan fingerprint density at radius 3 is 2.57 bits per heavy atom. The molecule has 0 saturated carbocycles. The van der Waals surface area contributed by atoms with Crippen molar-refractivity contribution in [1.29, 1.82) is 0 Å². The third-order valence-electron chi connectivity index (χ3n) is 3.14. The van der Waals surface area contributed by atoms with Gasteiger partial charge >= 0.3 is 0 Å². The van der Waals surface area contributed by atoms with E-state index >= 15 is 0 Å². The summed E-state index contributed by atoms with van der Waals surface area (Å²) in [5, 5.41) is 1.04. The van der Waals surface area contributed by atoms with E-state index in [0.29, 0.717) is 6.42 Å². The average molecular weight is 299 g/mol. The second-order valence-corrected chi connectivity index (χ2v) is 10.9. The maximum Gasteiger partial charge on any atom is 0.228 e. The number of methoxy groups -OCH3 is 1. The van der Waals surface area contributed by atoms with Gasteiger partial charge in [0.2, 0.25) is 5.91 Å². The maximum absolute atomic E-state index is 12.0. The largest absolute Gasteiger partial charge is 0.497 e. The van der Waals surface area contributed by atoms with Crippen molar-refractivity contribution < 1.29 is 9.53 Å². The van der Waals surface area contributed by atoms with Crippen LogP contribution in [-0.4, -0.2) is 25.7 Å². The van der Waals surface area contributed by atoms with Gasteiger partial charge in [-0.2, -0.15) is 0 Å². The Hall–Kier alpha value is -1.99. The summed E-state index contributed by atoms with van der Waals surface area (Å²) >= 11 is 0. The quantitative estimate of drug-likeness (QED) is 0.625. The van der Waals surface area contributed by atoms with E-state index in [2.05, 4.69) is 31.1 Å². The lowest BCUT2D eigenvalue weighted by molar-refractivity contribution is 0.0939. The monoisotopic (exact) mass is 299 g/mol. The lowest BCUT2D eigenvalue weighted by Crippen LogP contribution is -2.16. The number of hydrogen-bond donors (Lipinski definition) is 0. The molecular formula is C17H21NO2Si. The molecule has 4 heteroatoms. The molecule has 3 nitrogen and oxygen atoms in total. The molecule has 0 amide bonds. The van der Waals surface area contributed by atoms with Gasteiger partial charge in [0.1, 0.15) is 13.8 Å². The first-order valence-electron chi connectivity index (χ1n) is 7.01. The Morgan fingerprint density at radius 2 is 2.00 bits per heavy atom. The predicted octanol–water partition coefficient (Wildman–Crippen LogP) is 3.73. The molecule has 0 atom stereocenters. The predicted molar refractivity (Wildman–Crippen MR) is 89.6 cm³/mol. The van der Waals surface area contributed by atoms with E-state index in [-0.39, 0.29) is 5.91 Å². The molecular weight excluding hydrogens is 278 g/mol. The number of ether oxygens (including phenoxy) is 1. The molecule has 1 aromatic carbocycles. The molecule has 0 spiro atoms. The first kappa shape index (κ1) is 15.4. The molecule has 0 N–H and O–H groups in total. The molecule has 0 aliphatic rings. The van der Waals surface area contributed by atoms with Crippen molar-refractivity contribution in [3.63, 3.8) is 0 Å². The van der Waals surface area contributed by atoms with Crippen LogP contribution in [0.2, 0.25) is 19.6 Å². The molecule has 0 radical (unpaired) electrons. The van der Waals surface area contributed by atoms with Gasteiger partial charge in [0.05, 0.1) is 12.6 Å². The number of carbonyl (C=O) groups excluding carboxylic acids is 1.